The van der Waals surface area contributed by atoms with Crippen LogP contribution in [0.4, 0.5) is 17.1 Å². The number of anilines is 1. The molecular weight excluding hydrogens is 462 g/mol. The van der Waals surface area contributed by atoms with Crippen LogP contribution in [-0.2, 0) is 0 Å². The van der Waals surface area contributed by atoms with Crippen LogP contribution in [0.25, 0.3) is 0 Å². The summed E-state index contributed by atoms with van der Waals surface area (Å²) < 4.78 is 5.90. The van der Waals surface area contributed by atoms with Crippen LogP contribution in [0, 0.1) is 20.9 Å². The largest absolute Gasteiger partial charge is 0.494 e. The highest BCUT2D eigenvalue weighted by molar-refractivity contribution is 5.91. The summed E-state index contributed by atoms with van der Waals surface area (Å²) in [6.07, 6.45) is 12.9. The van der Waals surface area contributed by atoms with E-state index in [-0.39, 0.29) is 16.0 Å². The number of nitrogens with zero attached hydrogens (tertiary/aromatic N) is 3. The van der Waals surface area contributed by atoms with E-state index < -0.39 is 0 Å². The van der Waals surface area contributed by atoms with Gasteiger partial charge >= 0.3 is 0 Å². The first-order valence-corrected chi connectivity index (χ1v) is 14.0. The molecule has 2 atom stereocenters. The fraction of sp³-hybridized carbons (Fsp3) is 0.581. The Hall–Kier alpha value is -2.89. The second-order valence-corrected chi connectivity index (χ2v) is 11.9. The summed E-state index contributed by atoms with van der Waals surface area (Å²) in [5.41, 5.74) is 3.28. The second-order valence-electron chi connectivity index (χ2n) is 11.9. The van der Waals surface area contributed by atoms with Gasteiger partial charge in [-0.25, -0.2) is 0 Å². The Labute approximate surface area is 222 Å². The van der Waals surface area contributed by atoms with Crippen molar-refractivity contribution < 1.29 is 9.66 Å². The number of nitro groups is 1. The summed E-state index contributed by atoms with van der Waals surface area (Å²) >= 11 is 0. The fourth-order valence-corrected chi connectivity index (χ4v) is 6.03. The van der Waals surface area contributed by atoms with Crippen LogP contribution in [0.5, 0.6) is 5.75 Å². The monoisotopic (exact) mass is 505 g/mol. The molecule has 0 radical (unpaired) electrons. The van der Waals surface area contributed by atoms with Gasteiger partial charge in [-0.1, -0.05) is 66.2 Å². The molecule has 2 aromatic carbocycles. The van der Waals surface area contributed by atoms with E-state index in [1.807, 2.05) is 30.3 Å². The van der Waals surface area contributed by atoms with E-state index in [4.69, 9.17) is 4.74 Å². The van der Waals surface area contributed by atoms with Crippen LogP contribution in [0.2, 0.25) is 0 Å². The SMILES string of the molecule is CCCCCCCCCOc1ccc(N=Cc2cc([N+](=O)[O-])ccc2N2C[C@@]3(C)C[C@H]2CC3(C)C)cc1. The maximum atomic E-state index is 11.5. The number of hydrogen-bond donors (Lipinski definition) is 0. The molecule has 2 aliphatic rings. The van der Waals surface area contributed by atoms with E-state index in [0.717, 1.165) is 55.1 Å². The molecule has 1 aliphatic carbocycles. The number of ether oxygens (including phenoxy) is 1. The van der Waals surface area contributed by atoms with Gasteiger partial charge in [0.15, 0.2) is 0 Å². The number of rotatable bonds is 13. The van der Waals surface area contributed by atoms with E-state index >= 15 is 0 Å². The number of non-ortho nitro benzene ring substituents is 1. The zero-order valence-corrected chi connectivity index (χ0v) is 23.0. The Morgan fingerprint density at radius 3 is 2.35 bits per heavy atom. The van der Waals surface area contributed by atoms with Crippen LogP contribution >= 0.6 is 0 Å². The average molecular weight is 506 g/mol. The van der Waals surface area contributed by atoms with Crippen molar-refractivity contribution in [1.29, 1.82) is 0 Å². The van der Waals surface area contributed by atoms with E-state index in [2.05, 4.69) is 37.6 Å². The Morgan fingerprint density at radius 1 is 1.03 bits per heavy atom. The fourth-order valence-electron chi connectivity index (χ4n) is 6.03. The quantitative estimate of drug-likeness (QED) is 0.118. The van der Waals surface area contributed by atoms with Crippen molar-refractivity contribution in [1.82, 2.24) is 0 Å². The Morgan fingerprint density at radius 2 is 1.73 bits per heavy atom. The molecule has 37 heavy (non-hydrogen) atoms. The molecule has 6 heteroatoms. The minimum atomic E-state index is -0.334. The van der Waals surface area contributed by atoms with Gasteiger partial charge in [-0.3, -0.25) is 15.1 Å². The first-order valence-electron chi connectivity index (χ1n) is 14.0. The van der Waals surface area contributed by atoms with Gasteiger partial charge in [-0.15, -0.1) is 0 Å². The number of unbranched alkanes of at least 4 members (excludes halogenated alkanes) is 6. The summed E-state index contributed by atoms with van der Waals surface area (Å²) in [6, 6.07) is 13.4. The number of aliphatic imine (C=N–C) groups is 1. The molecule has 0 spiro atoms. The summed E-state index contributed by atoms with van der Waals surface area (Å²) in [6.45, 7) is 11.1. The van der Waals surface area contributed by atoms with Crippen molar-refractivity contribution in [2.24, 2.45) is 15.8 Å². The van der Waals surface area contributed by atoms with Crippen molar-refractivity contribution in [3.05, 3.63) is 58.1 Å². The summed E-state index contributed by atoms with van der Waals surface area (Å²) in [5, 5.41) is 11.5. The molecule has 2 bridgehead atoms. The van der Waals surface area contributed by atoms with Crippen molar-refractivity contribution in [3.8, 4) is 5.75 Å². The number of piperidine rings is 1. The first kappa shape index (κ1) is 27.2. The summed E-state index contributed by atoms with van der Waals surface area (Å²) in [5.74, 6) is 0.852. The predicted molar refractivity (Wildman–Crippen MR) is 153 cm³/mol. The number of fused-ring (bicyclic) bond motifs is 2. The summed E-state index contributed by atoms with van der Waals surface area (Å²) in [7, 11) is 0. The topological polar surface area (TPSA) is 68.0 Å². The maximum Gasteiger partial charge on any atom is 0.270 e. The van der Waals surface area contributed by atoms with Crippen molar-refractivity contribution >= 4 is 23.3 Å². The smallest absolute Gasteiger partial charge is 0.270 e. The standard InChI is InChI=1S/C31H43N3O3/c1-5-6-7-8-9-10-11-18-37-28-15-12-25(13-16-28)32-22-24-19-26(34(35)36)14-17-29(24)33-23-31(4)21-27(33)20-30(31,2)3/h12-17,19,22,27H,5-11,18,20-21,23H2,1-4H3/t27-,31-/m1/s1. The highest BCUT2D eigenvalue weighted by Gasteiger charge is 2.57. The molecule has 200 valence electrons. The lowest BCUT2D eigenvalue weighted by molar-refractivity contribution is -0.384. The third-order valence-electron chi connectivity index (χ3n) is 8.76. The molecule has 0 unspecified atom stereocenters. The van der Waals surface area contributed by atoms with Gasteiger partial charge in [0.05, 0.1) is 17.2 Å². The van der Waals surface area contributed by atoms with Crippen LogP contribution < -0.4 is 9.64 Å². The number of hydrogen-bond acceptors (Lipinski definition) is 5. The van der Waals surface area contributed by atoms with Crippen LogP contribution in [0.15, 0.2) is 47.5 Å². The van der Waals surface area contributed by atoms with Gasteiger partial charge in [-0.2, -0.15) is 0 Å². The van der Waals surface area contributed by atoms with Gasteiger partial charge in [-0.05, 0) is 60.4 Å². The molecule has 1 saturated carbocycles. The predicted octanol–water partition coefficient (Wildman–Crippen LogP) is 8.49. The molecule has 4 rings (SSSR count). The van der Waals surface area contributed by atoms with Crippen LogP contribution in [0.1, 0.15) is 91.0 Å². The minimum Gasteiger partial charge on any atom is -0.494 e. The Balaban J connectivity index is 1.39. The second kappa shape index (κ2) is 11.7. The molecule has 2 fully saturated rings. The molecule has 6 nitrogen and oxygen atoms in total. The summed E-state index contributed by atoms with van der Waals surface area (Å²) in [4.78, 5) is 18.3. The van der Waals surface area contributed by atoms with Crippen molar-refractivity contribution in [2.75, 3.05) is 18.1 Å². The van der Waals surface area contributed by atoms with E-state index in [9.17, 15) is 10.1 Å². The molecule has 1 saturated heterocycles. The molecule has 0 N–H and O–H groups in total. The zero-order chi connectivity index (χ0) is 26.5. The van der Waals surface area contributed by atoms with Crippen molar-refractivity contribution in [2.45, 2.75) is 91.5 Å². The first-order chi connectivity index (χ1) is 17.7. The Bertz CT molecular complexity index is 1090. The molecule has 2 aromatic rings. The van der Waals surface area contributed by atoms with Gasteiger partial charge in [0.25, 0.3) is 5.69 Å². The molecule has 1 aliphatic heterocycles. The highest BCUT2D eigenvalue weighted by atomic mass is 16.6. The zero-order valence-electron chi connectivity index (χ0n) is 23.0. The van der Waals surface area contributed by atoms with Gasteiger partial charge < -0.3 is 9.64 Å². The van der Waals surface area contributed by atoms with Gasteiger partial charge in [0.1, 0.15) is 5.75 Å². The normalized spacial score (nSPS) is 22.2. The minimum absolute atomic E-state index is 0.0928. The van der Waals surface area contributed by atoms with Gasteiger partial charge in [0.2, 0.25) is 0 Å². The maximum absolute atomic E-state index is 11.5. The average Bonchev–Trinajstić information content (AvgIpc) is 3.33. The number of nitro benzene ring substituents is 1. The van der Waals surface area contributed by atoms with E-state index in [1.54, 1.807) is 18.3 Å². The molecule has 0 aromatic heterocycles. The van der Waals surface area contributed by atoms with E-state index in [1.165, 1.54) is 38.5 Å². The third-order valence-corrected chi connectivity index (χ3v) is 8.76. The molecular formula is C31H43N3O3. The van der Waals surface area contributed by atoms with E-state index in [0.29, 0.717) is 11.5 Å². The lowest BCUT2D eigenvalue weighted by Crippen LogP contribution is -2.44. The number of benzene rings is 2. The van der Waals surface area contributed by atoms with Gasteiger partial charge in [0, 0.05) is 42.2 Å². The molecule has 0 amide bonds. The Kier molecular flexibility index (Phi) is 8.56. The highest BCUT2D eigenvalue weighted by Crippen LogP contribution is 2.59. The lowest BCUT2D eigenvalue weighted by atomic mass is 9.69. The van der Waals surface area contributed by atoms with Crippen LogP contribution in [-0.4, -0.2) is 30.3 Å². The molecule has 1 heterocycles. The third kappa shape index (κ3) is 6.34. The lowest BCUT2D eigenvalue weighted by Gasteiger charge is -2.44. The van der Waals surface area contributed by atoms with Crippen LogP contribution in [0.3, 0.4) is 0 Å². The van der Waals surface area contributed by atoms with Crippen molar-refractivity contribution in [3.63, 3.8) is 0 Å².